The lowest BCUT2D eigenvalue weighted by Gasteiger charge is -2.22. The first-order chi connectivity index (χ1) is 25.7. The van der Waals surface area contributed by atoms with Crippen LogP contribution in [0.3, 0.4) is 0 Å². The lowest BCUT2D eigenvalue weighted by molar-refractivity contribution is -0.137. The molecule has 2 nitrogen and oxygen atoms in total. The minimum Gasteiger partial charge on any atom is -0.248 e. The average molecular weight is 729 g/mol. The van der Waals surface area contributed by atoms with Crippen molar-refractivity contribution in [3.8, 4) is 67.3 Å². The fraction of sp³-hybridized carbons (Fsp3) is 0.130. The number of pyridine rings is 2. The first kappa shape index (κ1) is 36.3. The molecular weight excluding hydrogens is 695 g/mol. The maximum Gasteiger partial charge on any atom is 0.417 e. The van der Waals surface area contributed by atoms with E-state index in [1.54, 1.807) is 24.3 Å². The summed E-state index contributed by atoms with van der Waals surface area (Å²) in [7, 11) is 0. The van der Waals surface area contributed by atoms with Gasteiger partial charge in [0.2, 0.25) is 0 Å². The summed E-state index contributed by atoms with van der Waals surface area (Å²) >= 11 is 0. The lowest BCUT2D eigenvalue weighted by atomic mass is 9.85. The molecule has 2 heterocycles. The molecule has 0 saturated heterocycles. The lowest BCUT2D eigenvalue weighted by Crippen LogP contribution is -2.09. The van der Waals surface area contributed by atoms with Crippen molar-refractivity contribution in [3.63, 3.8) is 0 Å². The van der Waals surface area contributed by atoms with Gasteiger partial charge in [0.05, 0.1) is 33.9 Å². The van der Waals surface area contributed by atoms with Gasteiger partial charge in [0.1, 0.15) is 0 Å². The molecule has 0 radical (unpaired) electrons. The van der Waals surface area contributed by atoms with Gasteiger partial charge in [-0.25, -0.2) is 9.97 Å². The molecule has 0 aliphatic rings. The van der Waals surface area contributed by atoms with E-state index in [4.69, 9.17) is 9.97 Å². The number of alkyl halides is 6. The molecule has 270 valence electrons. The summed E-state index contributed by atoms with van der Waals surface area (Å²) < 4.78 is 88.5. The highest BCUT2D eigenvalue weighted by atomic mass is 19.4. The highest BCUT2D eigenvalue weighted by Crippen LogP contribution is 2.48. The van der Waals surface area contributed by atoms with Gasteiger partial charge in [0, 0.05) is 22.3 Å². The topological polar surface area (TPSA) is 25.8 Å². The maximum atomic E-state index is 14.8. The zero-order valence-corrected chi connectivity index (χ0v) is 29.9. The van der Waals surface area contributed by atoms with E-state index in [2.05, 4.69) is 0 Å². The van der Waals surface area contributed by atoms with Crippen molar-refractivity contribution in [3.05, 3.63) is 167 Å². The van der Waals surface area contributed by atoms with Crippen LogP contribution in [0.5, 0.6) is 0 Å². The molecule has 2 aromatic heterocycles. The number of aromatic nitrogens is 2. The quantitative estimate of drug-likeness (QED) is 0.159. The fourth-order valence-electron chi connectivity index (χ4n) is 7.28. The Morgan fingerprint density at radius 1 is 0.333 bits per heavy atom. The molecule has 7 aromatic rings. The predicted molar refractivity (Wildman–Crippen MR) is 204 cm³/mol. The number of hydrogen-bond donors (Lipinski definition) is 0. The highest BCUT2D eigenvalue weighted by Gasteiger charge is 2.36. The molecule has 0 aliphatic carbocycles. The monoisotopic (exact) mass is 728 g/mol. The van der Waals surface area contributed by atoms with E-state index in [0.717, 1.165) is 45.5 Å². The molecule has 0 atom stereocenters. The van der Waals surface area contributed by atoms with E-state index >= 15 is 0 Å². The molecule has 0 unspecified atom stereocenters. The second kappa shape index (κ2) is 14.1. The van der Waals surface area contributed by atoms with Gasteiger partial charge in [-0.15, -0.1) is 0 Å². The smallest absolute Gasteiger partial charge is 0.248 e. The number of rotatable bonds is 6. The van der Waals surface area contributed by atoms with E-state index in [-0.39, 0.29) is 33.4 Å². The molecule has 8 heteroatoms. The SMILES string of the molecule is Cc1cccc(C)c1-c1cccc(-c2cc(-c3ccccc3C(F)(F)F)c(-c3cccc(-c4c(C)cccc4C)n3)cc2-c2ccccc2C(F)(F)F)n1. The van der Waals surface area contributed by atoms with E-state index < -0.39 is 23.5 Å². The third-order valence-corrected chi connectivity index (χ3v) is 9.73. The van der Waals surface area contributed by atoms with E-state index in [1.165, 1.54) is 48.5 Å². The van der Waals surface area contributed by atoms with Gasteiger partial charge >= 0.3 is 12.4 Å². The van der Waals surface area contributed by atoms with Crippen LogP contribution in [-0.4, -0.2) is 9.97 Å². The first-order valence-electron chi connectivity index (χ1n) is 17.3. The summed E-state index contributed by atoms with van der Waals surface area (Å²) in [6, 6.07) is 35.6. The van der Waals surface area contributed by atoms with Gasteiger partial charge in [0.25, 0.3) is 0 Å². The summed E-state index contributed by atoms with van der Waals surface area (Å²) in [6.07, 6.45) is -9.46. The largest absolute Gasteiger partial charge is 0.417 e. The Balaban J connectivity index is 1.61. The van der Waals surface area contributed by atoms with E-state index in [1.807, 2.05) is 76.2 Å². The van der Waals surface area contributed by atoms with Crippen LogP contribution >= 0.6 is 0 Å². The molecule has 0 saturated carbocycles. The summed E-state index contributed by atoms with van der Waals surface area (Å²) in [6.45, 7) is 7.79. The molecule has 0 N–H and O–H groups in total. The zero-order chi connectivity index (χ0) is 38.4. The predicted octanol–water partition coefficient (Wildman–Crippen LogP) is 13.7. The van der Waals surface area contributed by atoms with Crippen molar-refractivity contribution in [2.24, 2.45) is 0 Å². The Kier molecular flexibility index (Phi) is 9.48. The molecular formula is C46H34F6N2. The Morgan fingerprint density at radius 2 is 0.648 bits per heavy atom. The van der Waals surface area contributed by atoms with Gasteiger partial charge in [-0.2, -0.15) is 26.3 Å². The number of halogens is 6. The van der Waals surface area contributed by atoms with Crippen molar-refractivity contribution >= 4 is 0 Å². The van der Waals surface area contributed by atoms with Crippen LogP contribution < -0.4 is 0 Å². The zero-order valence-electron chi connectivity index (χ0n) is 29.9. The van der Waals surface area contributed by atoms with Crippen LogP contribution in [0.25, 0.3) is 67.3 Å². The molecule has 5 aromatic carbocycles. The fourth-order valence-corrected chi connectivity index (χ4v) is 7.28. The van der Waals surface area contributed by atoms with E-state index in [0.29, 0.717) is 22.8 Å². The molecule has 0 bridgehead atoms. The van der Waals surface area contributed by atoms with Gasteiger partial charge in [-0.1, -0.05) is 84.9 Å². The van der Waals surface area contributed by atoms with Crippen molar-refractivity contribution in [1.29, 1.82) is 0 Å². The van der Waals surface area contributed by atoms with Crippen LogP contribution in [0.15, 0.2) is 133 Å². The van der Waals surface area contributed by atoms with Crippen LogP contribution in [0, 0.1) is 27.7 Å². The average Bonchev–Trinajstić information content (AvgIpc) is 3.14. The molecule has 0 spiro atoms. The van der Waals surface area contributed by atoms with Gasteiger partial charge < -0.3 is 0 Å². The third-order valence-electron chi connectivity index (χ3n) is 9.73. The number of aryl methyl sites for hydroxylation is 4. The number of nitrogens with zero attached hydrogens (tertiary/aromatic N) is 2. The molecule has 0 aliphatic heterocycles. The van der Waals surface area contributed by atoms with Crippen molar-refractivity contribution in [1.82, 2.24) is 9.97 Å². The first-order valence-corrected chi connectivity index (χ1v) is 17.3. The number of benzene rings is 5. The molecule has 0 amide bonds. The van der Waals surface area contributed by atoms with Crippen LogP contribution in [-0.2, 0) is 12.4 Å². The van der Waals surface area contributed by atoms with Gasteiger partial charge in [-0.3, -0.25) is 0 Å². The Hall–Kier alpha value is -6.02. The highest BCUT2D eigenvalue weighted by molar-refractivity contribution is 5.96. The maximum absolute atomic E-state index is 14.8. The second-order valence-electron chi connectivity index (χ2n) is 13.4. The number of hydrogen-bond acceptors (Lipinski definition) is 2. The third kappa shape index (κ3) is 6.92. The molecule has 54 heavy (non-hydrogen) atoms. The molecule has 7 rings (SSSR count). The summed E-state index contributed by atoms with van der Waals surface area (Å²) in [5.41, 5.74) is 6.04. The summed E-state index contributed by atoms with van der Waals surface area (Å²) in [5.74, 6) is 0. The summed E-state index contributed by atoms with van der Waals surface area (Å²) in [4.78, 5) is 9.95. The van der Waals surface area contributed by atoms with Gasteiger partial charge in [-0.05, 0) is 121 Å². The minimum atomic E-state index is -4.73. The standard InChI is InChI=1S/C46H34F6N2/c1-27-13-9-14-28(2)43(27)41-23-11-21-39(53-41)35-25-34(32-18-6-8-20-38(32)46(50,51)52)36(26-33(35)31-17-5-7-19-37(31)45(47,48)49)40-22-12-24-42(54-40)44-29(3)15-10-16-30(44)4/h5-26H,1-4H3. The normalized spacial score (nSPS) is 11.9. The minimum absolute atomic E-state index is 0.137. The Labute approximate surface area is 309 Å². The van der Waals surface area contributed by atoms with E-state index in [9.17, 15) is 26.3 Å². The van der Waals surface area contributed by atoms with Crippen molar-refractivity contribution in [2.75, 3.05) is 0 Å². The van der Waals surface area contributed by atoms with Crippen molar-refractivity contribution in [2.45, 2.75) is 40.0 Å². The van der Waals surface area contributed by atoms with Crippen LogP contribution in [0.1, 0.15) is 33.4 Å². The van der Waals surface area contributed by atoms with Crippen LogP contribution in [0.2, 0.25) is 0 Å². The summed E-state index contributed by atoms with van der Waals surface area (Å²) in [5, 5.41) is 0. The van der Waals surface area contributed by atoms with Crippen LogP contribution in [0.4, 0.5) is 26.3 Å². The molecule has 0 fully saturated rings. The Bertz CT molecular complexity index is 2310. The Morgan fingerprint density at radius 3 is 1.00 bits per heavy atom. The van der Waals surface area contributed by atoms with Gasteiger partial charge in [0.15, 0.2) is 0 Å². The second-order valence-corrected chi connectivity index (χ2v) is 13.4. The van der Waals surface area contributed by atoms with Crippen molar-refractivity contribution < 1.29 is 26.3 Å².